The van der Waals surface area contributed by atoms with Crippen molar-refractivity contribution in [2.75, 3.05) is 44.2 Å². The van der Waals surface area contributed by atoms with E-state index in [4.69, 9.17) is 4.74 Å². The van der Waals surface area contributed by atoms with Crippen LogP contribution in [0, 0.1) is 11.8 Å². The summed E-state index contributed by atoms with van der Waals surface area (Å²) < 4.78 is 6.32. The fraction of sp³-hybridized carbons (Fsp3) is 0.692. The van der Waals surface area contributed by atoms with Crippen molar-refractivity contribution < 1.29 is 24.5 Å². The third kappa shape index (κ3) is 4.68. The maximum Gasteiger partial charge on any atom is 0.235 e. The van der Waals surface area contributed by atoms with Crippen molar-refractivity contribution in [3.8, 4) is 5.75 Å². The van der Waals surface area contributed by atoms with E-state index in [1.54, 1.807) is 0 Å². The van der Waals surface area contributed by atoms with E-state index >= 15 is 0 Å². The Balaban J connectivity index is 1.10. The average Bonchev–Trinajstić information content (AvgIpc) is 3.45. The quantitative estimate of drug-likeness (QED) is 0.584. The van der Waals surface area contributed by atoms with E-state index in [0.29, 0.717) is 31.9 Å². The number of hydrogen-bond donors (Lipinski definition) is 2. The predicted octanol–water partition coefficient (Wildman–Crippen LogP) is 1.64. The number of aliphatic hydroxyl groups excluding tert-OH is 2. The second-order valence-electron chi connectivity index (χ2n) is 10.3. The molecule has 0 bridgehead atoms. The summed E-state index contributed by atoms with van der Waals surface area (Å²) >= 11 is 0. The van der Waals surface area contributed by atoms with Gasteiger partial charge >= 0.3 is 0 Å². The van der Waals surface area contributed by atoms with Gasteiger partial charge in [0, 0.05) is 32.7 Å². The van der Waals surface area contributed by atoms with Gasteiger partial charge in [0.15, 0.2) is 0 Å². The number of carbonyl (C=O) groups is 2. The van der Waals surface area contributed by atoms with Crippen molar-refractivity contribution in [3.63, 3.8) is 0 Å². The molecule has 0 spiro atoms. The Kier molecular flexibility index (Phi) is 7.09. The summed E-state index contributed by atoms with van der Waals surface area (Å²) in [7, 11) is 0. The molecule has 8 nitrogen and oxygen atoms in total. The molecular weight excluding hydrogens is 434 g/mol. The van der Waals surface area contributed by atoms with Crippen LogP contribution in [0.5, 0.6) is 5.75 Å². The van der Waals surface area contributed by atoms with Gasteiger partial charge in [0.2, 0.25) is 11.8 Å². The van der Waals surface area contributed by atoms with Crippen LogP contribution < -0.4 is 9.64 Å². The molecule has 2 N–H and O–H groups in total. The Morgan fingerprint density at radius 3 is 2.09 bits per heavy atom. The van der Waals surface area contributed by atoms with Gasteiger partial charge in [0.05, 0.1) is 35.8 Å². The van der Waals surface area contributed by atoms with Crippen molar-refractivity contribution in [2.45, 2.75) is 63.3 Å². The summed E-state index contributed by atoms with van der Waals surface area (Å²) in [6.45, 7) is 4.82. The first-order valence-electron chi connectivity index (χ1n) is 13.0. The van der Waals surface area contributed by atoms with E-state index in [2.05, 4.69) is 28.0 Å². The van der Waals surface area contributed by atoms with Crippen LogP contribution in [0.1, 0.15) is 44.9 Å². The topological polar surface area (TPSA) is 93.5 Å². The third-order valence-corrected chi connectivity index (χ3v) is 8.11. The number of carbonyl (C=O) groups excluding carboxylic acids is 2. The Morgan fingerprint density at radius 1 is 0.824 bits per heavy atom. The molecule has 2 aliphatic carbocycles. The number of benzene rings is 1. The van der Waals surface area contributed by atoms with Crippen molar-refractivity contribution in [1.82, 2.24) is 9.80 Å². The largest absolute Gasteiger partial charge is 0.488 e. The molecule has 2 saturated carbocycles. The summed E-state index contributed by atoms with van der Waals surface area (Å²) in [6.07, 6.45) is 4.90. The number of piperazine rings is 1. The predicted molar refractivity (Wildman–Crippen MR) is 128 cm³/mol. The van der Waals surface area contributed by atoms with E-state index in [0.717, 1.165) is 51.3 Å². The van der Waals surface area contributed by atoms with Crippen molar-refractivity contribution in [1.29, 1.82) is 0 Å². The number of hydrogen-bond acceptors (Lipinski definition) is 7. The van der Waals surface area contributed by atoms with Gasteiger partial charge in [-0.2, -0.15) is 0 Å². The number of rotatable bonds is 7. The number of likely N-dealkylation sites (tertiary alicyclic amines) is 1. The van der Waals surface area contributed by atoms with Gasteiger partial charge in [0.1, 0.15) is 5.75 Å². The first-order valence-corrected chi connectivity index (χ1v) is 13.0. The molecule has 4 aliphatic rings. The molecule has 1 aromatic rings. The van der Waals surface area contributed by atoms with Crippen LogP contribution in [-0.2, 0) is 9.59 Å². The first kappa shape index (κ1) is 23.6. The molecule has 2 saturated heterocycles. The van der Waals surface area contributed by atoms with Gasteiger partial charge < -0.3 is 19.8 Å². The van der Waals surface area contributed by atoms with Gasteiger partial charge in [-0.1, -0.05) is 12.1 Å². The molecule has 0 aromatic heterocycles. The molecule has 1 aromatic carbocycles. The highest BCUT2D eigenvalue weighted by atomic mass is 16.5. The zero-order valence-electron chi connectivity index (χ0n) is 19.8. The Morgan fingerprint density at radius 2 is 1.44 bits per heavy atom. The van der Waals surface area contributed by atoms with Crippen LogP contribution in [0.3, 0.4) is 0 Å². The number of aliphatic hydroxyl groups is 2. The number of amides is 2. The molecule has 34 heavy (non-hydrogen) atoms. The molecule has 4 fully saturated rings. The van der Waals surface area contributed by atoms with Crippen molar-refractivity contribution in [3.05, 3.63) is 24.3 Å². The molecule has 8 heteroatoms. The molecule has 0 radical (unpaired) electrons. The highest BCUT2D eigenvalue weighted by Gasteiger charge is 2.55. The van der Waals surface area contributed by atoms with Gasteiger partial charge in [-0.15, -0.1) is 0 Å². The highest BCUT2D eigenvalue weighted by Crippen LogP contribution is 2.38. The minimum absolute atomic E-state index is 0.315. The number of fused-ring (bicyclic) bond motifs is 1. The molecule has 2 amide bonds. The van der Waals surface area contributed by atoms with Gasteiger partial charge in [-0.3, -0.25) is 19.4 Å². The second kappa shape index (κ2) is 10.2. The molecule has 5 rings (SSSR count). The van der Waals surface area contributed by atoms with E-state index in [1.807, 2.05) is 6.07 Å². The van der Waals surface area contributed by atoms with E-state index in [9.17, 15) is 19.8 Å². The van der Waals surface area contributed by atoms with E-state index < -0.39 is 24.0 Å². The normalized spacial score (nSPS) is 30.8. The summed E-state index contributed by atoms with van der Waals surface area (Å²) in [5.74, 6) is -1.19. The highest BCUT2D eigenvalue weighted by molar-refractivity contribution is 6.05. The van der Waals surface area contributed by atoms with Crippen LogP contribution in [0.4, 0.5) is 5.69 Å². The Bertz CT molecular complexity index is 853. The fourth-order valence-corrected chi connectivity index (χ4v) is 6.17. The molecule has 2 heterocycles. The number of ether oxygens (including phenoxy) is 1. The number of para-hydroxylation sites is 2. The second-order valence-corrected chi connectivity index (χ2v) is 10.3. The molecule has 4 unspecified atom stereocenters. The zero-order chi connectivity index (χ0) is 23.7. The Labute approximate surface area is 201 Å². The molecule has 186 valence electrons. The smallest absolute Gasteiger partial charge is 0.235 e. The van der Waals surface area contributed by atoms with Crippen LogP contribution in [0.2, 0.25) is 0 Å². The lowest BCUT2D eigenvalue weighted by atomic mass is 9.77. The zero-order valence-corrected chi connectivity index (χ0v) is 19.8. The molecule has 4 atom stereocenters. The number of imide groups is 1. The fourth-order valence-electron chi connectivity index (χ4n) is 6.17. The number of anilines is 1. The van der Waals surface area contributed by atoms with E-state index in [-0.39, 0.29) is 11.8 Å². The van der Waals surface area contributed by atoms with Gasteiger partial charge in [-0.25, -0.2) is 0 Å². The van der Waals surface area contributed by atoms with Gasteiger partial charge in [-0.05, 0) is 63.6 Å². The Hall–Kier alpha value is -2.16. The van der Waals surface area contributed by atoms with Crippen LogP contribution in [0.15, 0.2) is 24.3 Å². The first-order chi connectivity index (χ1) is 16.5. The van der Waals surface area contributed by atoms with Crippen LogP contribution >= 0.6 is 0 Å². The number of nitrogens with zero attached hydrogens (tertiary/aromatic N) is 3. The monoisotopic (exact) mass is 471 g/mol. The minimum Gasteiger partial charge on any atom is -0.488 e. The van der Waals surface area contributed by atoms with Gasteiger partial charge in [0.25, 0.3) is 0 Å². The minimum atomic E-state index is -0.830. The summed E-state index contributed by atoms with van der Waals surface area (Å²) in [5, 5.41) is 20.4. The lowest BCUT2D eigenvalue weighted by Gasteiger charge is -2.37. The lowest BCUT2D eigenvalue weighted by molar-refractivity contribution is -0.140. The summed E-state index contributed by atoms with van der Waals surface area (Å²) in [4.78, 5) is 31.5. The standard InChI is InChI=1S/C26H37N3O5/c30-20-10-11-21(31)24-23(20)25(32)29(26(24)33)13-5-12-27-14-16-28(17-15-27)19-8-3-4-9-22(19)34-18-6-1-2-7-18/h3-4,8-9,18,20-21,23-24,30-31H,1-2,5-7,10-17H2. The van der Waals surface area contributed by atoms with Crippen LogP contribution in [0.25, 0.3) is 0 Å². The maximum absolute atomic E-state index is 12.7. The SMILES string of the molecule is O=C1C2C(O)CCC(O)C2C(=O)N1CCCN1CCN(c2ccccc2OC2CCCC2)CC1. The molecule has 2 aliphatic heterocycles. The lowest BCUT2D eigenvalue weighted by Crippen LogP contribution is -2.47. The molecular formula is C26H37N3O5. The summed E-state index contributed by atoms with van der Waals surface area (Å²) in [6, 6.07) is 8.33. The van der Waals surface area contributed by atoms with Crippen molar-refractivity contribution >= 4 is 17.5 Å². The average molecular weight is 472 g/mol. The van der Waals surface area contributed by atoms with Crippen molar-refractivity contribution in [2.24, 2.45) is 11.8 Å². The maximum atomic E-state index is 12.7. The van der Waals surface area contributed by atoms with Crippen LogP contribution in [-0.4, -0.2) is 89.4 Å². The van der Waals surface area contributed by atoms with E-state index in [1.165, 1.54) is 23.4 Å². The third-order valence-electron chi connectivity index (χ3n) is 8.11. The summed E-state index contributed by atoms with van der Waals surface area (Å²) in [5.41, 5.74) is 1.17.